The number of fused-ring (bicyclic) bond motifs is 2. The first-order valence-corrected chi connectivity index (χ1v) is 8.40. The SMILES string of the molecule is c1ccc2c(c1)OCCCC2NCc1cnc2n1CCCC2. The van der Waals surface area contributed by atoms with E-state index in [0.717, 1.165) is 44.7 Å². The van der Waals surface area contributed by atoms with E-state index >= 15 is 0 Å². The molecule has 0 radical (unpaired) electrons. The van der Waals surface area contributed by atoms with E-state index in [0.29, 0.717) is 6.04 Å². The van der Waals surface area contributed by atoms with Crippen molar-refractivity contribution < 1.29 is 4.74 Å². The molecule has 0 spiro atoms. The number of para-hydroxylation sites is 1. The van der Waals surface area contributed by atoms with Gasteiger partial charge >= 0.3 is 0 Å². The Morgan fingerprint density at radius 1 is 1.23 bits per heavy atom. The van der Waals surface area contributed by atoms with Crippen LogP contribution >= 0.6 is 0 Å². The standard InChI is InChI=1S/C18H23N3O/c1-2-8-17-15(6-1)16(7-5-11-22-17)19-12-14-13-20-18-9-3-4-10-21(14)18/h1-2,6,8,13,16,19H,3-5,7,9-12H2. The van der Waals surface area contributed by atoms with Gasteiger partial charge in [0.2, 0.25) is 0 Å². The Hall–Kier alpha value is -1.81. The highest BCUT2D eigenvalue weighted by atomic mass is 16.5. The van der Waals surface area contributed by atoms with Gasteiger partial charge in [0.05, 0.1) is 12.3 Å². The average molecular weight is 297 g/mol. The summed E-state index contributed by atoms with van der Waals surface area (Å²) in [4.78, 5) is 4.58. The fraction of sp³-hybridized carbons (Fsp3) is 0.500. The summed E-state index contributed by atoms with van der Waals surface area (Å²) in [6, 6.07) is 8.78. The molecule has 0 saturated heterocycles. The molecule has 1 unspecified atom stereocenters. The minimum absolute atomic E-state index is 0.369. The maximum absolute atomic E-state index is 5.85. The molecule has 0 aliphatic carbocycles. The van der Waals surface area contributed by atoms with Crippen molar-refractivity contribution in [2.75, 3.05) is 6.61 Å². The molecular formula is C18H23N3O. The van der Waals surface area contributed by atoms with Gasteiger partial charge in [0.25, 0.3) is 0 Å². The van der Waals surface area contributed by atoms with Crippen molar-refractivity contribution in [2.24, 2.45) is 0 Å². The molecule has 1 aromatic heterocycles. The van der Waals surface area contributed by atoms with E-state index in [4.69, 9.17) is 4.74 Å². The zero-order valence-corrected chi connectivity index (χ0v) is 12.9. The highest BCUT2D eigenvalue weighted by molar-refractivity contribution is 5.36. The molecule has 4 heteroatoms. The van der Waals surface area contributed by atoms with Gasteiger partial charge in [-0.25, -0.2) is 4.98 Å². The maximum Gasteiger partial charge on any atom is 0.124 e. The zero-order valence-electron chi connectivity index (χ0n) is 12.9. The summed E-state index contributed by atoms with van der Waals surface area (Å²) in [5.74, 6) is 2.29. The van der Waals surface area contributed by atoms with Crippen molar-refractivity contribution in [3.63, 3.8) is 0 Å². The van der Waals surface area contributed by atoms with Gasteiger partial charge in [0, 0.05) is 37.3 Å². The van der Waals surface area contributed by atoms with Crippen LogP contribution in [0.25, 0.3) is 0 Å². The molecule has 1 aromatic carbocycles. The molecule has 4 rings (SSSR count). The van der Waals surface area contributed by atoms with Crippen LogP contribution in [0.4, 0.5) is 0 Å². The Morgan fingerprint density at radius 3 is 3.18 bits per heavy atom. The Balaban J connectivity index is 1.51. The number of nitrogens with one attached hydrogen (secondary N) is 1. The predicted molar refractivity (Wildman–Crippen MR) is 85.9 cm³/mol. The second-order valence-corrected chi connectivity index (χ2v) is 6.24. The first-order valence-electron chi connectivity index (χ1n) is 8.40. The fourth-order valence-electron chi connectivity index (χ4n) is 3.59. The lowest BCUT2D eigenvalue weighted by Crippen LogP contribution is -2.23. The van der Waals surface area contributed by atoms with Gasteiger partial charge in [-0.05, 0) is 31.7 Å². The lowest BCUT2D eigenvalue weighted by atomic mass is 10.0. The summed E-state index contributed by atoms with van der Waals surface area (Å²) in [5, 5.41) is 3.73. The van der Waals surface area contributed by atoms with Gasteiger partial charge in [0.15, 0.2) is 0 Å². The minimum Gasteiger partial charge on any atom is -0.493 e. The number of aryl methyl sites for hydroxylation is 1. The van der Waals surface area contributed by atoms with Gasteiger partial charge in [0.1, 0.15) is 11.6 Å². The molecular weight excluding hydrogens is 274 g/mol. The number of nitrogens with zero attached hydrogens (tertiary/aromatic N) is 2. The van der Waals surface area contributed by atoms with E-state index in [1.165, 1.54) is 29.9 Å². The molecule has 22 heavy (non-hydrogen) atoms. The van der Waals surface area contributed by atoms with E-state index in [-0.39, 0.29) is 0 Å². The van der Waals surface area contributed by atoms with Crippen molar-refractivity contribution in [2.45, 2.75) is 51.2 Å². The first-order chi connectivity index (χ1) is 10.9. The van der Waals surface area contributed by atoms with Crippen LogP contribution in [-0.4, -0.2) is 16.2 Å². The van der Waals surface area contributed by atoms with Crippen LogP contribution in [0.2, 0.25) is 0 Å². The quantitative estimate of drug-likeness (QED) is 0.945. The van der Waals surface area contributed by atoms with Crippen molar-refractivity contribution in [3.05, 3.63) is 47.5 Å². The highest BCUT2D eigenvalue weighted by Gasteiger charge is 2.20. The monoisotopic (exact) mass is 297 g/mol. The first kappa shape index (κ1) is 13.8. The number of hydrogen-bond acceptors (Lipinski definition) is 3. The van der Waals surface area contributed by atoms with Crippen molar-refractivity contribution in [1.82, 2.24) is 14.9 Å². The number of imidazole rings is 1. The smallest absolute Gasteiger partial charge is 0.124 e. The summed E-state index contributed by atoms with van der Waals surface area (Å²) in [6.07, 6.45) is 7.94. The number of aromatic nitrogens is 2. The predicted octanol–water partition coefficient (Wildman–Crippen LogP) is 3.22. The molecule has 0 saturated carbocycles. The van der Waals surface area contributed by atoms with Gasteiger partial charge in [-0.3, -0.25) is 0 Å². The van der Waals surface area contributed by atoms with E-state index in [2.05, 4.69) is 39.1 Å². The summed E-state index contributed by atoms with van der Waals surface area (Å²) in [6.45, 7) is 2.82. The molecule has 2 aliphatic heterocycles. The second-order valence-electron chi connectivity index (χ2n) is 6.24. The normalized spacial score (nSPS) is 20.6. The average Bonchev–Trinajstić information content (AvgIpc) is 2.86. The minimum atomic E-state index is 0.369. The Bertz CT molecular complexity index is 650. The number of rotatable bonds is 3. The largest absolute Gasteiger partial charge is 0.493 e. The number of ether oxygens (including phenoxy) is 1. The van der Waals surface area contributed by atoms with Crippen LogP contribution in [0.15, 0.2) is 30.5 Å². The number of hydrogen-bond donors (Lipinski definition) is 1. The summed E-state index contributed by atoms with van der Waals surface area (Å²) < 4.78 is 8.25. The van der Waals surface area contributed by atoms with Crippen molar-refractivity contribution in [1.29, 1.82) is 0 Å². The zero-order chi connectivity index (χ0) is 14.8. The van der Waals surface area contributed by atoms with Crippen LogP contribution in [0, 0.1) is 0 Å². The molecule has 2 aromatic rings. The van der Waals surface area contributed by atoms with Crippen LogP contribution in [0.5, 0.6) is 5.75 Å². The molecule has 4 nitrogen and oxygen atoms in total. The van der Waals surface area contributed by atoms with E-state index in [1.807, 2.05) is 6.20 Å². The molecule has 2 aliphatic rings. The second kappa shape index (κ2) is 6.13. The van der Waals surface area contributed by atoms with E-state index in [1.54, 1.807) is 0 Å². The van der Waals surface area contributed by atoms with Crippen LogP contribution < -0.4 is 10.1 Å². The highest BCUT2D eigenvalue weighted by Crippen LogP contribution is 2.31. The Kier molecular flexibility index (Phi) is 3.85. The van der Waals surface area contributed by atoms with Gasteiger partial charge in [-0.2, -0.15) is 0 Å². The summed E-state index contributed by atoms with van der Waals surface area (Å²) in [5.41, 5.74) is 2.61. The molecule has 0 fully saturated rings. The molecule has 1 atom stereocenters. The van der Waals surface area contributed by atoms with E-state index in [9.17, 15) is 0 Å². The van der Waals surface area contributed by atoms with Crippen molar-refractivity contribution >= 4 is 0 Å². The van der Waals surface area contributed by atoms with Crippen molar-refractivity contribution in [3.8, 4) is 5.75 Å². The van der Waals surface area contributed by atoms with Crippen LogP contribution in [0.1, 0.15) is 48.8 Å². The van der Waals surface area contributed by atoms with E-state index < -0.39 is 0 Å². The molecule has 0 amide bonds. The molecule has 1 N–H and O–H groups in total. The third kappa shape index (κ3) is 2.63. The Labute approximate surface area is 131 Å². The van der Waals surface area contributed by atoms with Crippen LogP contribution in [-0.2, 0) is 19.5 Å². The third-order valence-corrected chi connectivity index (χ3v) is 4.77. The van der Waals surface area contributed by atoms with Crippen LogP contribution in [0.3, 0.4) is 0 Å². The maximum atomic E-state index is 5.85. The summed E-state index contributed by atoms with van der Waals surface area (Å²) >= 11 is 0. The Morgan fingerprint density at radius 2 is 2.18 bits per heavy atom. The number of benzene rings is 1. The molecule has 3 heterocycles. The van der Waals surface area contributed by atoms with Gasteiger partial charge in [-0.15, -0.1) is 0 Å². The molecule has 116 valence electrons. The summed E-state index contributed by atoms with van der Waals surface area (Å²) in [7, 11) is 0. The lowest BCUT2D eigenvalue weighted by molar-refractivity contribution is 0.315. The third-order valence-electron chi connectivity index (χ3n) is 4.77. The lowest BCUT2D eigenvalue weighted by Gasteiger charge is -2.20. The topological polar surface area (TPSA) is 39.1 Å². The van der Waals surface area contributed by atoms with Gasteiger partial charge < -0.3 is 14.6 Å². The fourth-order valence-corrected chi connectivity index (χ4v) is 3.59. The molecule has 0 bridgehead atoms. The van der Waals surface area contributed by atoms with Gasteiger partial charge in [-0.1, -0.05) is 18.2 Å².